The van der Waals surface area contributed by atoms with Crippen LogP contribution in [0.5, 0.6) is 0 Å². The van der Waals surface area contributed by atoms with Crippen molar-refractivity contribution in [3.05, 3.63) is 77.6 Å². The summed E-state index contributed by atoms with van der Waals surface area (Å²) in [6, 6.07) is 20.3. The lowest BCUT2D eigenvalue weighted by atomic mass is 10.2. The molecule has 26 heavy (non-hydrogen) atoms. The van der Waals surface area contributed by atoms with Crippen molar-refractivity contribution in [1.82, 2.24) is 19.9 Å². The van der Waals surface area contributed by atoms with Gasteiger partial charge in [0.25, 0.3) is 0 Å². The average molecular weight is 345 g/mol. The molecule has 6 nitrogen and oxygen atoms in total. The molecule has 2 aromatic carbocycles. The Bertz CT molecular complexity index is 1010. The first-order valence-corrected chi connectivity index (χ1v) is 8.46. The zero-order valence-electron chi connectivity index (χ0n) is 14.7. The fraction of sp³-hybridized carbons (Fsp3) is 0.150. The van der Waals surface area contributed by atoms with E-state index < -0.39 is 0 Å². The van der Waals surface area contributed by atoms with Crippen LogP contribution in [0.1, 0.15) is 17.0 Å². The second kappa shape index (κ2) is 6.84. The van der Waals surface area contributed by atoms with E-state index in [0.29, 0.717) is 18.4 Å². The Morgan fingerprint density at radius 1 is 0.962 bits per heavy atom. The molecule has 2 heterocycles. The van der Waals surface area contributed by atoms with Crippen molar-refractivity contribution in [2.24, 2.45) is 0 Å². The van der Waals surface area contributed by atoms with Gasteiger partial charge in [-0.05, 0) is 26.0 Å². The molecule has 0 fully saturated rings. The van der Waals surface area contributed by atoms with Crippen LogP contribution in [0.2, 0.25) is 0 Å². The number of hydrogen-bond donors (Lipinski definition) is 1. The predicted molar refractivity (Wildman–Crippen MR) is 100 cm³/mol. The summed E-state index contributed by atoms with van der Waals surface area (Å²) in [5.41, 5.74) is 5.15. The second-order valence-corrected chi connectivity index (χ2v) is 6.04. The number of nitrogens with zero attached hydrogens (tertiary/aromatic N) is 4. The van der Waals surface area contributed by atoms with Crippen LogP contribution in [-0.2, 0) is 6.54 Å². The Morgan fingerprint density at radius 3 is 2.38 bits per heavy atom. The molecule has 0 aliphatic carbocycles. The van der Waals surface area contributed by atoms with E-state index in [0.717, 1.165) is 28.2 Å². The lowest BCUT2D eigenvalue weighted by Crippen LogP contribution is -2.03. The van der Waals surface area contributed by atoms with Gasteiger partial charge in [0, 0.05) is 23.4 Å². The minimum Gasteiger partial charge on any atom is -0.334 e. The van der Waals surface area contributed by atoms with Crippen molar-refractivity contribution in [3.63, 3.8) is 0 Å². The Hall–Kier alpha value is -3.41. The molecule has 0 unspecified atom stereocenters. The van der Waals surface area contributed by atoms with E-state index in [9.17, 15) is 0 Å². The number of nitrogens with one attached hydrogen (secondary N) is 1. The third kappa shape index (κ3) is 3.09. The molecule has 0 saturated heterocycles. The molecule has 0 aliphatic rings. The molecular formula is C20H19N5O. The Kier molecular flexibility index (Phi) is 4.23. The van der Waals surface area contributed by atoms with Gasteiger partial charge in [-0.2, -0.15) is 10.1 Å². The van der Waals surface area contributed by atoms with Gasteiger partial charge in [0.2, 0.25) is 5.82 Å². The van der Waals surface area contributed by atoms with Crippen LogP contribution in [0, 0.1) is 13.8 Å². The van der Waals surface area contributed by atoms with Crippen molar-refractivity contribution >= 4 is 6.01 Å². The van der Waals surface area contributed by atoms with Gasteiger partial charge in [-0.15, -0.1) is 0 Å². The fourth-order valence-corrected chi connectivity index (χ4v) is 2.92. The van der Waals surface area contributed by atoms with Crippen molar-refractivity contribution in [1.29, 1.82) is 0 Å². The van der Waals surface area contributed by atoms with Gasteiger partial charge in [-0.3, -0.25) is 0 Å². The standard InChI is InChI=1S/C20H19N5O/c1-14-18(15(2)25(23-14)17-11-7-4-8-12-17)13-21-20-22-19(24-26-20)16-9-5-3-6-10-16/h3-12H,13H2,1-2H3,(H,21,22,24). The molecule has 2 aromatic heterocycles. The first-order chi connectivity index (χ1) is 12.7. The molecule has 0 aliphatic heterocycles. The van der Waals surface area contributed by atoms with Gasteiger partial charge in [-0.1, -0.05) is 53.7 Å². The second-order valence-electron chi connectivity index (χ2n) is 6.04. The maximum absolute atomic E-state index is 5.31. The van der Waals surface area contributed by atoms with Gasteiger partial charge >= 0.3 is 6.01 Å². The molecule has 0 radical (unpaired) electrons. The zero-order valence-corrected chi connectivity index (χ0v) is 14.7. The molecule has 4 rings (SSSR count). The summed E-state index contributed by atoms with van der Waals surface area (Å²) >= 11 is 0. The van der Waals surface area contributed by atoms with Crippen LogP contribution in [0.15, 0.2) is 65.2 Å². The molecule has 130 valence electrons. The summed E-state index contributed by atoms with van der Waals surface area (Å²) < 4.78 is 7.27. The van der Waals surface area contributed by atoms with E-state index in [4.69, 9.17) is 4.52 Å². The summed E-state index contributed by atoms with van der Waals surface area (Å²) in [4.78, 5) is 4.40. The van der Waals surface area contributed by atoms with E-state index in [-0.39, 0.29) is 0 Å². The molecule has 0 bridgehead atoms. The molecule has 0 atom stereocenters. The monoisotopic (exact) mass is 345 g/mol. The third-order valence-corrected chi connectivity index (χ3v) is 4.32. The van der Waals surface area contributed by atoms with E-state index >= 15 is 0 Å². The normalized spacial score (nSPS) is 10.8. The highest BCUT2D eigenvalue weighted by molar-refractivity contribution is 5.55. The highest BCUT2D eigenvalue weighted by Gasteiger charge is 2.14. The van der Waals surface area contributed by atoms with Crippen LogP contribution in [0.3, 0.4) is 0 Å². The SMILES string of the molecule is Cc1nn(-c2ccccc2)c(C)c1CNc1nc(-c2ccccc2)no1. The Balaban J connectivity index is 1.52. The van der Waals surface area contributed by atoms with E-state index in [2.05, 4.69) is 27.5 Å². The highest BCUT2D eigenvalue weighted by Crippen LogP contribution is 2.20. The molecule has 4 aromatic rings. The maximum atomic E-state index is 5.31. The predicted octanol–water partition coefficient (Wildman–Crippen LogP) is 4.15. The van der Waals surface area contributed by atoms with Crippen LogP contribution in [-0.4, -0.2) is 19.9 Å². The third-order valence-electron chi connectivity index (χ3n) is 4.32. The molecule has 6 heteroatoms. The van der Waals surface area contributed by atoms with E-state index in [1.807, 2.05) is 72.3 Å². The van der Waals surface area contributed by atoms with Gasteiger partial charge in [0.05, 0.1) is 11.4 Å². The summed E-state index contributed by atoms with van der Waals surface area (Å²) in [5, 5.41) is 11.9. The molecule has 0 saturated carbocycles. The number of aryl methyl sites for hydroxylation is 1. The van der Waals surface area contributed by atoms with E-state index in [1.165, 1.54) is 0 Å². The first-order valence-electron chi connectivity index (χ1n) is 8.46. The number of rotatable bonds is 5. The highest BCUT2D eigenvalue weighted by atomic mass is 16.5. The molecule has 0 spiro atoms. The largest absolute Gasteiger partial charge is 0.334 e. The van der Waals surface area contributed by atoms with Crippen molar-refractivity contribution < 1.29 is 4.52 Å². The van der Waals surface area contributed by atoms with Crippen LogP contribution >= 0.6 is 0 Å². The molecular weight excluding hydrogens is 326 g/mol. The summed E-state index contributed by atoms with van der Waals surface area (Å²) in [7, 11) is 0. The average Bonchev–Trinajstić information content (AvgIpc) is 3.26. The fourth-order valence-electron chi connectivity index (χ4n) is 2.92. The van der Waals surface area contributed by atoms with Gasteiger partial charge in [0.1, 0.15) is 0 Å². The van der Waals surface area contributed by atoms with Gasteiger partial charge in [-0.25, -0.2) is 4.68 Å². The van der Waals surface area contributed by atoms with Crippen LogP contribution < -0.4 is 5.32 Å². The minimum atomic E-state index is 0.398. The summed E-state index contributed by atoms with van der Waals surface area (Å²) in [6.45, 7) is 4.64. The van der Waals surface area contributed by atoms with Crippen molar-refractivity contribution in [3.8, 4) is 17.1 Å². The van der Waals surface area contributed by atoms with Crippen molar-refractivity contribution in [2.75, 3.05) is 5.32 Å². The number of aromatic nitrogens is 4. The van der Waals surface area contributed by atoms with Gasteiger partial charge < -0.3 is 9.84 Å². The lowest BCUT2D eigenvalue weighted by Gasteiger charge is -2.05. The van der Waals surface area contributed by atoms with Crippen LogP contribution in [0.25, 0.3) is 17.1 Å². The molecule has 0 amide bonds. The number of hydrogen-bond acceptors (Lipinski definition) is 5. The maximum Gasteiger partial charge on any atom is 0.322 e. The zero-order chi connectivity index (χ0) is 17.9. The Morgan fingerprint density at radius 2 is 1.65 bits per heavy atom. The van der Waals surface area contributed by atoms with E-state index in [1.54, 1.807) is 0 Å². The number of para-hydroxylation sites is 1. The lowest BCUT2D eigenvalue weighted by molar-refractivity contribution is 0.432. The topological polar surface area (TPSA) is 68.8 Å². The number of anilines is 1. The molecule has 1 N–H and O–H groups in total. The summed E-state index contributed by atoms with van der Waals surface area (Å²) in [5.74, 6) is 0.571. The smallest absolute Gasteiger partial charge is 0.322 e. The van der Waals surface area contributed by atoms with Crippen LogP contribution in [0.4, 0.5) is 6.01 Å². The Labute approximate surface area is 151 Å². The number of benzene rings is 2. The van der Waals surface area contributed by atoms with Crippen molar-refractivity contribution in [2.45, 2.75) is 20.4 Å². The minimum absolute atomic E-state index is 0.398. The first kappa shape index (κ1) is 16.1. The summed E-state index contributed by atoms with van der Waals surface area (Å²) in [6.07, 6.45) is 0. The van der Waals surface area contributed by atoms with Gasteiger partial charge in [0.15, 0.2) is 0 Å². The quantitative estimate of drug-likeness (QED) is 0.588.